The van der Waals surface area contributed by atoms with Gasteiger partial charge in [0.2, 0.25) is 5.91 Å². The molecule has 1 aromatic carbocycles. The highest BCUT2D eigenvalue weighted by molar-refractivity contribution is 6.18. The van der Waals surface area contributed by atoms with Crippen LogP contribution in [0.15, 0.2) is 24.3 Å². The minimum atomic E-state index is -1.02. The van der Waals surface area contributed by atoms with Crippen LogP contribution in [0.5, 0.6) is 0 Å². The minimum absolute atomic E-state index is 0.141. The molecule has 1 amide bonds. The van der Waals surface area contributed by atoms with Gasteiger partial charge in [0.15, 0.2) is 0 Å². The van der Waals surface area contributed by atoms with Crippen molar-refractivity contribution in [3.05, 3.63) is 29.8 Å². The third kappa shape index (κ3) is 6.57. The molecule has 1 unspecified atom stereocenters. The fraction of sp³-hybridized carbons (Fsp3) is 0.529. The van der Waals surface area contributed by atoms with Crippen molar-refractivity contribution in [1.29, 1.82) is 0 Å². The molecule has 24 heavy (non-hydrogen) atoms. The lowest BCUT2D eigenvalue weighted by molar-refractivity contribution is -0.143. The Kier molecular flexibility index (Phi) is 8.93. The second-order valence-electron chi connectivity index (χ2n) is 5.84. The van der Waals surface area contributed by atoms with Crippen LogP contribution in [-0.2, 0) is 16.0 Å². The molecule has 0 heterocycles. The Balaban J connectivity index is 2.69. The minimum Gasteiger partial charge on any atom is -0.480 e. The van der Waals surface area contributed by atoms with Gasteiger partial charge in [0, 0.05) is 30.5 Å². The summed E-state index contributed by atoms with van der Waals surface area (Å²) in [5.41, 5.74) is 1.81. The van der Waals surface area contributed by atoms with Crippen molar-refractivity contribution in [2.75, 3.05) is 29.7 Å². The fourth-order valence-electron chi connectivity index (χ4n) is 2.32. The number of carbonyl (C=O) groups is 2. The number of anilines is 1. The molecular weight excluding hydrogens is 351 g/mol. The number of nitrogens with one attached hydrogen (secondary N) is 1. The van der Waals surface area contributed by atoms with Gasteiger partial charge in [0.25, 0.3) is 0 Å². The van der Waals surface area contributed by atoms with Crippen LogP contribution in [0.1, 0.15) is 19.4 Å². The number of amides is 1. The van der Waals surface area contributed by atoms with E-state index in [0.717, 1.165) is 11.3 Å². The molecule has 0 fully saturated rings. The van der Waals surface area contributed by atoms with Crippen molar-refractivity contribution in [2.24, 2.45) is 5.92 Å². The molecule has 0 radical (unpaired) electrons. The molecule has 5 nitrogen and oxygen atoms in total. The zero-order chi connectivity index (χ0) is 18.1. The first-order valence-electron chi connectivity index (χ1n) is 7.87. The van der Waals surface area contributed by atoms with Crippen LogP contribution in [-0.4, -0.2) is 47.9 Å². The topological polar surface area (TPSA) is 69.6 Å². The van der Waals surface area contributed by atoms with E-state index in [1.807, 2.05) is 24.3 Å². The lowest BCUT2D eigenvalue weighted by atomic mass is 10.0. The number of carboxylic acid groups (broad SMARTS) is 1. The number of hydrogen-bond donors (Lipinski definition) is 2. The molecule has 1 rings (SSSR count). The molecule has 0 aliphatic rings. The van der Waals surface area contributed by atoms with E-state index in [1.54, 1.807) is 13.8 Å². The molecule has 0 saturated carbocycles. The van der Waals surface area contributed by atoms with E-state index in [2.05, 4.69) is 10.2 Å². The molecule has 134 valence electrons. The molecule has 1 atom stereocenters. The Morgan fingerprint density at radius 2 is 1.67 bits per heavy atom. The van der Waals surface area contributed by atoms with Gasteiger partial charge in [-0.3, -0.25) is 4.79 Å². The zero-order valence-corrected chi connectivity index (χ0v) is 15.5. The van der Waals surface area contributed by atoms with E-state index in [1.165, 1.54) is 0 Å². The molecule has 0 aromatic heterocycles. The predicted octanol–water partition coefficient (Wildman–Crippen LogP) is 2.74. The van der Waals surface area contributed by atoms with Crippen LogP contribution in [0.2, 0.25) is 0 Å². The maximum absolute atomic E-state index is 12.0. The van der Waals surface area contributed by atoms with Crippen LogP contribution < -0.4 is 10.2 Å². The van der Waals surface area contributed by atoms with Gasteiger partial charge >= 0.3 is 5.97 Å². The van der Waals surface area contributed by atoms with Gasteiger partial charge in [0.05, 0.1) is 6.42 Å². The maximum atomic E-state index is 12.0. The summed E-state index contributed by atoms with van der Waals surface area (Å²) in [7, 11) is 0. The highest BCUT2D eigenvalue weighted by atomic mass is 35.5. The lowest BCUT2D eigenvalue weighted by Gasteiger charge is -2.23. The Morgan fingerprint density at radius 1 is 1.12 bits per heavy atom. The highest BCUT2D eigenvalue weighted by Gasteiger charge is 2.23. The number of benzene rings is 1. The molecule has 1 aromatic rings. The zero-order valence-electron chi connectivity index (χ0n) is 14.0. The summed E-state index contributed by atoms with van der Waals surface area (Å²) in [6.45, 7) is 4.91. The smallest absolute Gasteiger partial charge is 0.326 e. The molecule has 0 aliphatic carbocycles. The molecule has 0 aliphatic heterocycles. The van der Waals surface area contributed by atoms with Crippen molar-refractivity contribution in [1.82, 2.24) is 5.32 Å². The number of carbonyl (C=O) groups excluding carboxylic acids is 1. The van der Waals surface area contributed by atoms with Crippen molar-refractivity contribution < 1.29 is 14.7 Å². The summed E-state index contributed by atoms with van der Waals surface area (Å²) in [4.78, 5) is 25.2. The van der Waals surface area contributed by atoms with E-state index in [0.29, 0.717) is 24.8 Å². The quantitative estimate of drug-likeness (QED) is 0.617. The average Bonchev–Trinajstić information content (AvgIpc) is 2.52. The molecule has 0 saturated heterocycles. The van der Waals surface area contributed by atoms with Crippen molar-refractivity contribution in [2.45, 2.75) is 26.3 Å². The second-order valence-corrected chi connectivity index (χ2v) is 6.59. The van der Waals surface area contributed by atoms with Crippen molar-refractivity contribution >= 4 is 40.8 Å². The standard InChI is InChI=1S/C17H24Cl2N2O3/c1-12(2)16(17(23)24)20-15(22)11-13-3-5-14(6-4-13)21(9-7-18)10-8-19/h3-6,12,16H,7-11H2,1-2H3,(H,20,22)(H,23,24). The Bertz CT molecular complexity index is 529. The Labute approximate surface area is 152 Å². The molecule has 7 heteroatoms. The number of halogens is 2. The van der Waals surface area contributed by atoms with Crippen LogP contribution in [0.25, 0.3) is 0 Å². The SMILES string of the molecule is CC(C)C(NC(=O)Cc1ccc(N(CCCl)CCCl)cc1)C(=O)O. The first kappa shape index (κ1) is 20.6. The summed E-state index contributed by atoms with van der Waals surface area (Å²) in [6, 6.07) is 6.67. The monoisotopic (exact) mass is 374 g/mol. The van der Waals surface area contributed by atoms with Gasteiger partial charge in [-0.25, -0.2) is 4.79 Å². The molecule has 2 N–H and O–H groups in total. The summed E-state index contributed by atoms with van der Waals surface area (Å²) >= 11 is 11.6. The van der Waals surface area contributed by atoms with E-state index in [4.69, 9.17) is 28.3 Å². The fourth-order valence-corrected chi connectivity index (χ4v) is 2.73. The summed E-state index contributed by atoms with van der Waals surface area (Å²) in [5.74, 6) is -0.484. The Morgan fingerprint density at radius 3 is 2.08 bits per heavy atom. The number of nitrogens with zero attached hydrogens (tertiary/aromatic N) is 1. The normalized spacial score (nSPS) is 12.0. The van der Waals surface area contributed by atoms with Gasteiger partial charge in [-0.1, -0.05) is 26.0 Å². The lowest BCUT2D eigenvalue weighted by Crippen LogP contribution is -2.44. The number of alkyl halides is 2. The van der Waals surface area contributed by atoms with Gasteiger partial charge in [-0.15, -0.1) is 23.2 Å². The molecule has 0 bridgehead atoms. The van der Waals surface area contributed by atoms with Crippen molar-refractivity contribution in [3.8, 4) is 0 Å². The summed E-state index contributed by atoms with van der Waals surface area (Å²) < 4.78 is 0. The van der Waals surface area contributed by atoms with E-state index in [9.17, 15) is 9.59 Å². The molecular formula is C17H24Cl2N2O3. The number of aliphatic carboxylic acids is 1. The summed E-state index contributed by atoms with van der Waals surface area (Å²) in [5, 5.41) is 11.7. The first-order valence-corrected chi connectivity index (χ1v) is 8.94. The van der Waals surface area contributed by atoms with Gasteiger partial charge < -0.3 is 15.3 Å². The van der Waals surface area contributed by atoms with Crippen LogP contribution in [0.3, 0.4) is 0 Å². The van der Waals surface area contributed by atoms with Crippen LogP contribution in [0.4, 0.5) is 5.69 Å². The first-order chi connectivity index (χ1) is 11.4. The Hall–Kier alpha value is -1.46. The maximum Gasteiger partial charge on any atom is 0.326 e. The largest absolute Gasteiger partial charge is 0.480 e. The average molecular weight is 375 g/mol. The van der Waals surface area contributed by atoms with Crippen LogP contribution in [0, 0.1) is 5.92 Å². The van der Waals surface area contributed by atoms with Gasteiger partial charge in [-0.2, -0.15) is 0 Å². The highest BCUT2D eigenvalue weighted by Crippen LogP contribution is 2.16. The van der Waals surface area contributed by atoms with Crippen LogP contribution >= 0.6 is 23.2 Å². The van der Waals surface area contributed by atoms with E-state index < -0.39 is 12.0 Å². The van der Waals surface area contributed by atoms with Gasteiger partial charge in [0.1, 0.15) is 6.04 Å². The summed E-state index contributed by atoms with van der Waals surface area (Å²) in [6.07, 6.45) is 0.141. The number of hydrogen-bond acceptors (Lipinski definition) is 3. The third-order valence-corrected chi connectivity index (χ3v) is 3.96. The number of carboxylic acids is 1. The number of rotatable bonds is 10. The third-order valence-electron chi connectivity index (χ3n) is 3.62. The van der Waals surface area contributed by atoms with Gasteiger partial charge in [-0.05, 0) is 23.6 Å². The van der Waals surface area contributed by atoms with Crippen molar-refractivity contribution in [3.63, 3.8) is 0 Å². The molecule has 0 spiro atoms. The second kappa shape index (κ2) is 10.4. The predicted molar refractivity (Wildman–Crippen MR) is 98.2 cm³/mol. The van der Waals surface area contributed by atoms with E-state index in [-0.39, 0.29) is 18.2 Å². The van der Waals surface area contributed by atoms with E-state index >= 15 is 0 Å².